The largest absolute Gasteiger partial charge is 0.352 e. The molecule has 0 bridgehead atoms. The molecule has 2 aromatic carbocycles. The van der Waals surface area contributed by atoms with Crippen LogP contribution in [0.15, 0.2) is 47.4 Å². The van der Waals surface area contributed by atoms with Crippen molar-refractivity contribution in [2.75, 3.05) is 13.6 Å². The molecule has 1 aliphatic carbocycles. The average molecular weight is 569 g/mol. The van der Waals surface area contributed by atoms with E-state index in [0.717, 1.165) is 42.0 Å². The Morgan fingerprint density at radius 1 is 1.03 bits per heavy atom. The lowest BCUT2D eigenvalue weighted by atomic mass is 9.95. The Labute approximate surface area is 230 Å². The maximum Gasteiger partial charge on any atom is 0.243 e. The molecule has 1 atom stereocenters. The summed E-state index contributed by atoms with van der Waals surface area (Å²) in [4.78, 5) is 28.5. The number of benzene rings is 2. The summed E-state index contributed by atoms with van der Waals surface area (Å²) in [6, 6.07) is 10.8. The first-order valence-electron chi connectivity index (χ1n) is 12.6. The highest BCUT2D eigenvalue weighted by Crippen LogP contribution is 2.25. The Morgan fingerprint density at radius 3 is 2.27 bits per heavy atom. The third-order valence-corrected chi connectivity index (χ3v) is 9.32. The number of nitrogens with zero attached hydrogens (tertiary/aromatic N) is 2. The average Bonchev–Trinajstić information content (AvgIpc) is 2.86. The van der Waals surface area contributed by atoms with Crippen LogP contribution in [0.2, 0.25) is 10.0 Å². The van der Waals surface area contributed by atoms with Crippen molar-refractivity contribution in [3.05, 3.63) is 63.6 Å². The Hall–Kier alpha value is -2.13. The summed E-state index contributed by atoms with van der Waals surface area (Å²) < 4.78 is 27.3. The van der Waals surface area contributed by atoms with E-state index in [2.05, 4.69) is 5.32 Å². The van der Waals surface area contributed by atoms with Crippen molar-refractivity contribution in [1.82, 2.24) is 14.5 Å². The second-order valence-electron chi connectivity index (χ2n) is 9.61. The van der Waals surface area contributed by atoms with Crippen molar-refractivity contribution in [1.29, 1.82) is 0 Å². The fourth-order valence-electron chi connectivity index (χ4n) is 4.55. The van der Waals surface area contributed by atoms with Crippen LogP contribution < -0.4 is 5.32 Å². The van der Waals surface area contributed by atoms with Crippen molar-refractivity contribution in [2.45, 2.75) is 75.9 Å². The lowest BCUT2D eigenvalue weighted by Crippen LogP contribution is -2.53. The summed E-state index contributed by atoms with van der Waals surface area (Å²) in [5.74, 6) is -0.707. The highest BCUT2D eigenvalue weighted by Gasteiger charge is 2.33. The highest BCUT2D eigenvalue weighted by atomic mass is 35.5. The molecule has 0 aromatic heterocycles. The molecule has 1 aliphatic rings. The van der Waals surface area contributed by atoms with E-state index in [1.807, 2.05) is 13.8 Å². The normalized spacial score (nSPS) is 15.4. The van der Waals surface area contributed by atoms with Crippen LogP contribution in [0.3, 0.4) is 0 Å². The van der Waals surface area contributed by atoms with Crippen LogP contribution in [0.4, 0.5) is 0 Å². The third-order valence-electron chi connectivity index (χ3n) is 6.76. The zero-order chi connectivity index (χ0) is 27.2. The van der Waals surface area contributed by atoms with Crippen LogP contribution >= 0.6 is 23.2 Å². The van der Waals surface area contributed by atoms with E-state index in [0.29, 0.717) is 22.0 Å². The SMILES string of the molecule is CCC(C(=O)NC1CCCCC1)N(Cc1ccc(Cl)c(Cl)c1)C(=O)CN(C)S(=O)(=O)c1ccc(C)cc1. The zero-order valence-electron chi connectivity index (χ0n) is 21.5. The molecule has 2 amide bonds. The van der Waals surface area contributed by atoms with Gasteiger partial charge in [0, 0.05) is 19.6 Å². The van der Waals surface area contributed by atoms with Crippen molar-refractivity contribution in [2.24, 2.45) is 0 Å². The smallest absolute Gasteiger partial charge is 0.243 e. The monoisotopic (exact) mass is 567 g/mol. The molecule has 7 nitrogen and oxygen atoms in total. The van der Waals surface area contributed by atoms with E-state index in [-0.39, 0.29) is 23.4 Å². The molecule has 10 heteroatoms. The first kappa shape index (κ1) is 29.4. The van der Waals surface area contributed by atoms with Crippen LogP contribution in [-0.4, -0.2) is 55.1 Å². The van der Waals surface area contributed by atoms with Crippen LogP contribution in [-0.2, 0) is 26.2 Å². The number of likely N-dealkylation sites (N-methyl/N-ethyl adjacent to an activating group) is 1. The van der Waals surface area contributed by atoms with Crippen LogP contribution in [0, 0.1) is 6.92 Å². The predicted molar refractivity (Wildman–Crippen MR) is 147 cm³/mol. The maximum atomic E-state index is 13.6. The van der Waals surface area contributed by atoms with Gasteiger partial charge < -0.3 is 10.2 Å². The number of sulfonamides is 1. The van der Waals surface area contributed by atoms with Gasteiger partial charge in [-0.2, -0.15) is 4.31 Å². The molecule has 0 aliphatic heterocycles. The summed E-state index contributed by atoms with van der Waals surface area (Å²) in [6.45, 7) is 3.39. The number of rotatable bonds is 10. The van der Waals surface area contributed by atoms with Crippen LogP contribution in [0.5, 0.6) is 0 Å². The van der Waals surface area contributed by atoms with Gasteiger partial charge in [0.15, 0.2) is 0 Å². The number of carbonyl (C=O) groups is 2. The minimum absolute atomic E-state index is 0.0850. The number of halogens is 2. The minimum atomic E-state index is -3.90. The molecule has 0 radical (unpaired) electrons. The van der Waals surface area contributed by atoms with E-state index >= 15 is 0 Å². The van der Waals surface area contributed by atoms with E-state index in [4.69, 9.17) is 23.2 Å². The summed E-state index contributed by atoms with van der Waals surface area (Å²) in [5, 5.41) is 3.84. The molecule has 2 aromatic rings. The predicted octanol–water partition coefficient (Wildman–Crippen LogP) is 5.18. The molecular formula is C27H35Cl2N3O4S. The Balaban J connectivity index is 1.85. The lowest BCUT2D eigenvalue weighted by Gasteiger charge is -2.33. The van der Waals surface area contributed by atoms with Crippen LogP contribution in [0.1, 0.15) is 56.6 Å². The molecule has 1 unspecified atom stereocenters. The summed E-state index contributed by atoms with van der Waals surface area (Å²) in [6.07, 6.45) is 5.50. The summed E-state index contributed by atoms with van der Waals surface area (Å²) in [7, 11) is -2.53. The molecule has 0 saturated heterocycles. The van der Waals surface area contributed by atoms with Gasteiger partial charge in [-0.3, -0.25) is 9.59 Å². The van der Waals surface area contributed by atoms with Crippen molar-refractivity contribution >= 4 is 45.0 Å². The van der Waals surface area contributed by atoms with Gasteiger partial charge in [0.25, 0.3) is 0 Å². The van der Waals surface area contributed by atoms with Gasteiger partial charge in [-0.05, 0) is 56.0 Å². The number of aryl methyl sites for hydroxylation is 1. The van der Waals surface area contributed by atoms with Gasteiger partial charge in [0.2, 0.25) is 21.8 Å². The van der Waals surface area contributed by atoms with E-state index in [1.54, 1.807) is 30.3 Å². The van der Waals surface area contributed by atoms with Gasteiger partial charge >= 0.3 is 0 Å². The number of amides is 2. The minimum Gasteiger partial charge on any atom is -0.352 e. The quantitative estimate of drug-likeness (QED) is 0.428. The van der Waals surface area contributed by atoms with Gasteiger partial charge in [-0.1, -0.05) is 73.2 Å². The Bertz CT molecular complexity index is 1200. The summed E-state index contributed by atoms with van der Waals surface area (Å²) >= 11 is 12.3. The molecule has 0 spiro atoms. The molecule has 37 heavy (non-hydrogen) atoms. The van der Waals surface area contributed by atoms with E-state index in [1.165, 1.54) is 24.1 Å². The fourth-order valence-corrected chi connectivity index (χ4v) is 6.00. The van der Waals surface area contributed by atoms with E-state index in [9.17, 15) is 18.0 Å². The second kappa shape index (κ2) is 13.1. The Morgan fingerprint density at radius 2 is 1.68 bits per heavy atom. The van der Waals surface area contributed by atoms with Crippen molar-refractivity contribution < 1.29 is 18.0 Å². The van der Waals surface area contributed by atoms with Gasteiger partial charge in [-0.15, -0.1) is 0 Å². The Kier molecular flexibility index (Phi) is 10.4. The van der Waals surface area contributed by atoms with Gasteiger partial charge in [-0.25, -0.2) is 8.42 Å². The standard InChI is InChI=1S/C27H35Cl2N3O4S/c1-4-25(27(34)30-21-8-6-5-7-9-21)32(17-20-12-15-23(28)24(29)16-20)26(33)18-31(3)37(35,36)22-13-10-19(2)11-14-22/h10-16,21,25H,4-9,17-18H2,1-3H3,(H,30,34). The molecule has 3 rings (SSSR count). The number of carbonyl (C=O) groups excluding carboxylic acids is 2. The summed E-state index contributed by atoms with van der Waals surface area (Å²) in [5.41, 5.74) is 1.62. The first-order chi connectivity index (χ1) is 17.5. The number of nitrogens with one attached hydrogen (secondary N) is 1. The zero-order valence-corrected chi connectivity index (χ0v) is 23.9. The topological polar surface area (TPSA) is 86.8 Å². The molecule has 1 N–H and O–H groups in total. The van der Waals surface area contributed by atoms with Crippen molar-refractivity contribution in [3.8, 4) is 0 Å². The number of hydrogen-bond acceptors (Lipinski definition) is 4. The second-order valence-corrected chi connectivity index (χ2v) is 12.5. The maximum absolute atomic E-state index is 13.6. The van der Waals surface area contributed by atoms with Gasteiger partial charge in [0.1, 0.15) is 6.04 Å². The van der Waals surface area contributed by atoms with Crippen LogP contribution in [0.25, 0.3) is 0 Å². The number of hydrogen-bond donors (Lipinski definition) is 1. The molecule has 202 valence electrons. The molecular weight excluding hydrogens is 533 g/mol. The molecule has 1 fully saturated rings. The third kappa shape index (κ3) is 7.69. The van der Waals surface area contributed by atoms with E-state index < -0.39 is 28.5 Å². The van der Waals surface area contributed by atoms with Crippen molar-refractivity contribution in [3.63, 3.8) is 0 Å². The molecule has 1 saturated carbocycles. The lowest BCUT2D eigenvalue weighted by molar-refractivity contribution is -0.141. The molecule has 0 heterocycles. The highest BCUT2D eigenvalue weighted by molar-refractivity contribution is 7.89. The van der Waals surface area contributed by atoms with Gasteiger partial charge in [0.05, 0.1) is 21.5 Å². The first-order valence-corrected chi connectivity index (χ1v) is 14.8. The fraction of sp³-hybridized carbons (Fsp3) is 0.481.